The smallest absolute Gasteiger partial charge is 0.253 e. The molecule has 0 unspecified atom stereocenters. The summed E-state index contributed by atoms with van der Waals surface area (Å²) in [7, 11) is 1.84. The van der Waals surface area contributed by atoms with E-state index in [1.165, 1.54) is 23.2 Å². The van der Waals surface area contributed by atoms with Crippen LogP contribution < -0.4 is 10.9 Å². The summed E-state index contributed by atoms with van der Waals surface area (Å²) < 4.78 is 1.52. The van der Waals surface area contributed by atoms with E-state index in [9.17, 15) is 4.79 Å². The lowest BCUT2D eigenvalue weighted by atomic mass is 10.3. The van der Waals surface area contributed by atoms with Crippen molar-refractivity contribution in [3.8, 4) is 0 Å². The summed E-state index contributed by atoms with van der Waals surface area (Å²) >= 11 is 0. The maximum Gasteiger partial charge on any atom is 0.253 e. The van der Waals surface area contributed by atoms with Gasteiger partial charge >= 0.3 is 0 Å². The quantitative estimate of drug-likeness (QED) is 0.821. The van der Waals surface area contributed by atoms with Gasteiger partial charge in [-0.05, 0) is 12.1 Å². The van der Waals surface area contributed by atoms with E-state index in [4.69, 9.17) is 0 Å². The summed E-state index contributed by atoms with van der Waals surface area (Å²) in [6, 6.07) is 5.21. The molecule has 0 amide bonds. The fraction of sp³-hybridized carbons (Fsp3) is 0.182. The van der Waals surface area contributed by atoms with Gasteiger partial charge in [-0.25, -0.2) is 4.98 Å². The first-order valence-electron chi connectivity index (χ1n) is 4.93. The molecule has 0 aromatic carbocycles. The van der Waals surface area contributed by atoms with Gasteiger partial charge in [0.2, 0.25) is 0 Å². The maximum atomic E-state index is 11.5. The van der Waals surface area contributed by atoms with Crippen molar-refractivity contribution in [3.05, 3.63) is 53.0 Å². The van der Waals surface area contributed by atoms with E-state index >= 15 is 0 Å². The van der Waals surface area contributed by atoms with Crippen LogP contribution in [0.5, 0.6) is 0 Å². The van der Waals surface area contributed by atoms with Gasteiger partial charge in [-0.15, -0.1) is 0 Å². The summed E-state index contributed by atoms with van der Waals surface area (Å²) in [5.41, 5.74) is 1.72. The van der Waals surface area contributed by atoms with Gasteiger partial charge < -0.3 is 5.32 Å². The normalized spacial score (nSPS) is 10.1. The van der Waals surface area contributed by atoms with Crippen molar-refractivity contribution in [1.82, 2.24) is 14.5 Å². The molecule has 0 aliphatic carbocycles. The minimum absolute atomic E-state index is 0.0772. The van der Waals surface area contributed by atoms with Crippen molar-refractivity contribution >= 4 is 5.69 Å². The van der Waals surface area contributed by atoms with E-state index in [1.54, 1.807) is 6.20 Å². The molecule has 1 N–H and O–H groups in total. The lowest BCUT2D eigenvalue weighted by Crippen LogP contribution is -2.19. The van der Waals surface area contributed by atoms with Crippen LogP contribution in [0, 0.1) is 0 Å². The summed E-state index contributed by atoms with van der Waals surface area (Å²) in [6.45, 7) is 0.433. The molecule has 0 aliphatic rings. The van der Waals surface area contributed by atoms with E-state index in [0.717, 1.165) is 11.4 Å². The second-order valence-electron chi connectivity index (χ2n) is 3.33. The summed E-state index contributed by atoms with van der Waals surface area (Å²) in [4.78, 5) is 19.6. The molecule has 16 heavy (non-hydrogen) atoms. The average Bonchev–Trinajstić information content (AvgIpc) is 2.32. The molecule has 0 fully saturated rings. The van der Waals surface area contributed by atoms with Gasteiger partial charge in [-0.1, -0.05) is 0 Å². The van der Waals surface area contributed by atoms with Gasteiger partial charge in [0.25, 0.3) is 5.56 Å². The standard InChI is InChI=1S/C11H12N4O/c1-12-9-2-5-14-10(6-9)7-15-8-13-4-3-11(15)16/h2-6,8H,7H2,1H3,(H,12,14). The predicted octanol–water partition coefficient (Wildman–Crippen LogP) is 0.728. The summed E-state index contributed by atoms with van der Waals surface area (Å²) in [5.74, 6) is 0. The van der Waals surface area contributed by atoms with E-state index < -0.39 is 0 Å². The zero-order chi connectivity index (χ0) is 11.4. The third-order valence-electron chi connectivity index (χ3n) is 2.23. The van der Waals surface area contributed by atoms with Gasteiger partial charge in [0.05, 0.1) is 18.6 Å². The first-order chi connectivity index (χ1) is 7.79. The SMILES string of the molecule is CNc1ccnc(Cn2cnccc2=O)c1. The number of aromatic nitrogens is 3. The molecule has 0 saturated carbocycles. The molecule has 2 rings (SSSR count). The number of rotatable bonds is 3. The molecule has 5 nitrogen and oxygen atoms in total. The molecule has 2 heterocycles. The van der Waals surface area contributed by atoms with Crippen molar-refractivity contribution in [2.75, 3.05) is 12.4 Å². The summed E-state index contributed by atoms with van der Waals surface area (Å²) in [5, 5.41) is 3.02. The van der Waals surface area contributed by atoms with Crippen molar-refractivity contribution < 1.29 is 0 Å². The number of nitrogens with one attached hydrogen (secondary N) is 1. The molecular formula is C11H12N4O. The molecule has 0 radical (unpaired) electrons. The highest BCUT2D eigenvalue weighted by atomic mass is 16.1. The number of anilines is 1. The van der Waals surface area contributed by atoms with E-state index in [-0.39, 0.29) is 5.56 Å². The zero-order valence-corrected chi connectivity index (χ0v) is 8.92. The van der Waals surface area contributed by atoms with Gasteiger partial charge in [0, 0.05) is 31.2 Å². The van der Waals surface area contributed by atoms with Crippen LogP contribution in [0.1, 0.15) is 5.69 Å². The highest BCUT2D eigenvalue weighted by Gasteiger charge is 1.99. The molecule has 5 heteroatoms. The van der Waals surface area contributed by atoms with Crippen LogP contribution in [-0.2, 0) is 6.54 Å². The molecule has 0 spiro atoms. The molecule has 2 aromatic heterocycles. The van der Waals surface area contributed by atoms with Crippen LogP contribution >= 0.6 is 0 Å². The van der Waals surface area contributed by atoms with Crippen LogP contribution in [0.15, 0.2) is 41.7 Å². The van der Waals surface area contributed by atoms with Crippen LogP contribution in [0.3, 0.4) is 0 Å². The van der Waals surface area contributed by atoms with Crippen LogP contribution in [-0.4, -0.2) is 21.6 Å². The second-order valence-corrected chi connectivity index (χ2v) is 3.33. The molecule has 0 saturated heterocycles. The number of nitrogens with zero attached hydrogens (tertiary/aromatic N) is 3. The van der Waals surface area contributed by atoms with Crippen LogP contribution in [0.2, 0.25) is 0 Å². The fourth-order valence-electron chi connectivity index (χ4n) is 1.39. The van der Waals surface area contributed by atoms with Crippen molar-refractivity contribution in [3.63, 3.8) is 0 Å². The Morgan fingerprint density at radius 3 is 3.00 bits per heavy atom. The highest BCUT2D eigenvalue weighted by Crippen LogP contribution is 2.07. The Balaban J connectivity index is 2.27. The van der Waals surface area contributed by atoms with Crippen molar-refractivity contribution in [2.45, 2.75) is 6.54 Å². The number of hydrogen-bond acceptors (Lipinski definition) is 4. The first kappa shape index (κ1) is 10.4. The molecule has 2 aromatic rings. The zero-order valence-electron chi connectivity index (χ0n) is 8.92. The minimum Gasteiger partial charge on any atom is -0.388 e. The average molecular weight is 216 g/mol. The summed E-state index contributed by atoms with van der Waals surface area (Å²) in [6.07, 6.45) is 4.70. The highest BCUT2D eigenvalue weighted by molar-refractivity contribution is 5.42. The fourth-order valence-corrected chi connectivity index (χ4v) is 1.39. The lowest BCUT2D eigenvalue weighted by Gasteiger charge is -2.05. The van der Waals surface area contributed by atoms with Gasteiger partial charge in [-0.2, -0.15) is 0 Å². The minimum atomic E-state index is -0.0772. The Labute approximate surface area is 92.8 Å². The molecule has 82 valence electrons. The Morgan fingerprint density at radius 2 is 2.25 bits per heavy atom. The molecule has 0 aliphatic heterocycles. The topological polar surface area (TPSA) is 59.8 Å². The monoisotopic (exact) mass is 216 g/mol. The second kappa shape index (κ2) is 4.57. The van der Waals surface area contributed by atoms with Crippen molar-refractivity contribution in [2.24, 2.45) is 0 Å². The van der Waals surface area contributed by atoms with Crippen molar-refractivity contribution in [1.29, 1.82) is 0 Å². The third kappa shape index (κ3) is 2.25. The van der Waals surface area contributed by atoms with Gasteiger partial charge in [-0.3, -0.25) is 14.3 Å². The predicted molar refractivity (Wildman–Crippen MR) is 61.4 cm³/mol. The van der Waals surface area contributed by atoms with E-state index in [1.807, 2.05) is 19.2 Å². The maximum absolute atomic E-state index is 11.5. The molecular weight excluding hydrogens is 204 g/mol. The Bertz CT molecular complexity index is 535. The van der Waals surface area contributed by atoms with Crippen LogP contribution in [0.25, 0.3) is 0 Å². The van der Waals surface area contributed by atoms with E-state index in [2.05, 4.69) is 15.3 Å². The number of pyridine rings is 1. The lowest BCUT2D eigenvalue weighted by molar-refractivity contribution is 0.719. The van der Waals surface area contributed by atoms with E-state index in [0.29, 0.717) is 6.54 Å². The molecule has 0 bridgehead atoms. The van der Waals surface area contributed by atoms with Gasteiger partial charge in [0.15, 0.2) is 0 Å². The molecule has 0 atom stereocenters. The number of hydrogen-bond donors (Lipinski definition) is 1. The van der Waals surface area contributed by atoms with Gasteiger partial charge in [0.1, 0.15) is 0 Å². The third-order valence-corrected chi connectivity index (χ3v) is 2.23. The Morgan fingerprint density at radius 1 is 1.38 bits per heavy atom. The Hall–Kier alpha value is -2.17. The van der Waals surface area contributed by atoms with Crippen LogP contribution in [0.4, 0.5) is 5.69 Å². The first-order valence-corrected chi connectivity index (χ1v) is 4.93. The Kier molecular flexibility index (Phi) is 2.95. The largest absolute Gasteiger partial charge is 0.388 e.